The summed E-state index contributed by atoms with van der Waals surface area (Å²) in [4.78, 5) is 14.7. The van der Waals surface area contributed by atoms with E-state index < -0.39 is 0 Å². The van der Waals surface area contributed by atoms with Crippen LogP contribution < -0.4 is 5.32 Å². The highest BCUT2D eigenvalue weighted by Crippen LogP contribution is 2.19. The van der Waals surface area contributed by atoms with Crippen molar-refractivity contribution in [3.05, 3.63) is 71.3 Å². The van der Waals surface area contributed by atoms with Crippen LogP contribution in [0, 0.1) is 6.92 Å². The van der Waals surface area contributed by atoms with Crippen LogP contribution >= 0.6 is 0 Å². The molecule has 3 nitrogen and oxygen atoms in total. The number of hydrogen-bond acceptors (Lipinski definition) is 2. The minimum absolute atomic E-state index is 0.0759. The fourth-order valence-corrected chi connectivity index (χ4v) is 2.96. The average molecular weight is 324 g/mol. The summed E-state index contributed by atoms with van der Waals surface area (Å²) >= 11 is 0. The van der Waals surface area contributed by atoms with E-state index in [1.807, 2.05) is 30.3 Å². The molecule has 128 valence electrons. The predicted octanol–water partition coefficient (Wildman–Crippen LogP) is 3.74. The van der Waals surface area contributed by atoms with Gasteiger partial charge in [-0.1, -0.05) is 74.0 Å². The normalized spacial score (nSPS) is 12.2. The van der Waals surface area contributed by atoms with Crippen molar-refractivity contribution in [3.8, 4) is 0 Å². The smallest absolute Gasteiger partial charge is 0.224 e. The maximum Gasteiger partial charge on any atom is 0.224 e. The highest BCUT2D eigenvalue weighted by Gasteiger charge is 2.18. The zero-order valence-electron chi connectivity index (χ0n) is 15.0. The van der Waals surface area contributed by atoms with Crippen LogP contribution in [0.1, 0.15) is 36.6 Å². The zero-order valence-corrected chi connectivity index (χ0v) is 15.0. The lowest BCUT2D eigenvalue weighted by molar-refractivity contribution is -0.120. The second-order valence-electron chi connectivity index (χ2n) is 6.11. The molecule has 1 amide bonds. The van der Waals surface area contributed by atoms with Gasteiger partial charge in [0.05, 0.1) is 12.5 Å². The highest BCUT2D eigenvalue weighted by atomic mass is 16.1. The summed E-state index contributed by atoms with van der Waals surface area (Å²) in [6, 6.07) is 18.8. The first kappa shape index (κ1) is 18.2. The van der Waals surface area contributed by atoms with Crippen molar-refractivity contribution < 1.29 is 4.79 Å². The number of aryl methyl sites for hydroxylation is 1. The third-order valence-electron chi connectivity index (χ3n) is 4.42. The maximum absolute atomic E-state index is 12.3. The fraction of sp³-hybridized carbons (Fsp3) is 0.381. The van der Waals surface area contributed by atoms with Crippen LogP contribution in [0.25, 0.3) is 0 Å². The highest BCUT2D eigenvalue weighted by molar-refractivity contribution is 5.78. The molecule has 0 spiro atoms. The van der Waals surface area contributed by atoms with E-state index in [0.717, 1.165) is 18.7 Å². The van der Waals surface area contributed by atoms with E-state index in [9.17, 15) is 4.79 Å². The van der Waals surface area contributed by atoms with Gasteiger partial charge in [0.15, 0.2) is 0 Å². The lowest BCUT2D eigenvalue weighted by Gasteiger charge is -2.30. The summed E-state index contributed by atoms with van der Waals surface area (Å²) in [7, 11) is 0. The van der Waals surface area contributed by atoms with Crippen molar-refractivity contribution in [1.29, 1.82) is 0 Å². The summed E-state index contributed by atoms with van der Waals surface area (Å²) < 4.78 is 0. The molecule has 1 N–H and O–H groups in total. The Morgan fingerprint density at radius 3 is 2.21 bits per heavy atom. The summed E-state index contributed by atoms with van der Waals surface area (Å²) in [5.74, 6) is 0.0759. The Labute approximate surface area is 145 Å². The first-order valence-electron chi connectivity index (χ1n) is 8.75. The van der Waals surface area contributed by atoms with Gasteiger partial charge in [-0.25, -0.2) is 0 Å². The van der Waals surface area contributed by atoms with Crippen molar-refractivity contribution >= 4 is 5.91 Å². The molecule has 2 rings (SSSR count). The summed E-state index contributed by atoms with van der Waals surface area (Å²) in [6.07, 6.45) is 0.431. The lowest BCUT2D eigenvalue weighted by Crippen LogP contribution is -2.38. The van der Waals surface area contributed by atoms with E-state index in [4.69, 9.17) is 0 Å². The van der Waals surface area contributed by atoms with Crippen molar-refractivity contribution in [2.75, 3.05) is 19.6 Å². The number of nitrogens with zero attached hydrogens (tertiary/aromatic N) is 1. The molecule has 0 heterocycles. The molecule has 2 aromatic rings. The predicted molar refractivity (Wildman–Crippen MR) is 100.0 cm³/mol. The van der Waals surface area contributed by atoms with Gasteiger partial charge in [0.2, 0.25) is 5.91 Å². The van der Waals surface area contributed by atoms with Gasteiger partial charge in [0.1, 0.15) is 0 Å². The van der Waals surface area contributed by atoms with E-state index >= 15 is 0 Å². The molecule has 0 bridgehead atoms. The lowest BCUT2D eigenvalue weighted by atomic mass is 10.0. The largest absolute Gasteiger partial charge is 0.354 e. The number of amides is 1. The molecule has 3 heteroatoms. The average Bonchev–Trinajstić information content (AvgIpc) is 2.61. The molecule has 1 unspecified atom stereocenters. The fourth-order valence-electron chi connectivity index (χ4n) is 2.96. The van der Waals surface area contributed by atoms with Crippen LogP contribution in [0.2, 0.25) is 0 Å². The third kappa shape index (κ3) is 5.20. The Bertz CT molecular complexity index is 618. The molecule has 0 saturated heterocycles. The molecular weight excluding hydrogens is 296 g/mol. The van der Waals surface area contributed by atoms with Gasteiger partial charge in [-0.15, -0.1) is 0 Å². The molecule has 0 aromatic heterocycles. The number of carbonyl (C=O) groups excluding carboxylic acids is 1. The molecule has 0 aliphatic carbocycles. The van der Waals surface area contributed by atoms with Crippen LogP contribution in [0.15, 0.2) is 54.6 Å². The number of nitrogens with one attached hydrogen (secondary N) is 1. The van der Waals surface area contributed by atoms with E-state index in [1.165, 1.54) is 11.1 Å². The molecular formula is C21H28N2O. The monoisotopic (exact) mass is 324 g/mol. The van der Waals surface area contributed by atoms with Crippen LogP contribution in [-0.2, 0) is 11.2 Å². The number of carbonyl (C=O) groups is 1. The topological polar surface area (TPSA) is 32.3 Å². The molecule has 0 aliphatic rings. The molecule has 24 heavy (non-hydrogen) atoms. The Balaban J connectivity index is 1.99. The van der Waals surface area contributed by atoms with Gasteiger partial charge in [-0.2, -0.15) is 0 Å². The SMILES string of the molecule is CCN(CC)C(CNC(=O)Cc1ccc(C)cc1)c1ccccc1. The van der Waals surface area contributed by atoms with Crippen molar-refractivity contribution in [3.63, 3.8) is 0 Å². The summed E-state index contributed by atoms with van der Waals surface area (Å²) in [5, 5.41) is 3.11. The Morgan fingerprint density at radius 1 is 1.00 bits per heavy atom. The minimum Gasteiger partial charge on any atom is -0.354 e. The number of hydrogen-bond donors (Lipinski definition) is 1. The molecule has 0 saturated carbocycles. The Morgan fingerprint density at radius 2 is 1.62 bits per heavy atom. The molecule has 0 fully saturated rings. The Kier molecular flexibility index (Phi) is 7.01. The zero-order chi connectivity index (χ0) is 17.4. The van der Waals surface area contributed by atoms with Gasteiger partial charge in [0.25, 0.3) is 0 Å². The van der Waals surface area contributed by atoms with Crippen molar-refractivity contribution in [2.24, 2.45) is 0 Å². The van der Waals surface area contributed by atoms with Gasteiger partial charge >= 0.3 is 0 Å². The number of benzene rings is 2. The van der Waals surface area contributed by atoms with Crippen molar-refractivity contribution in [2.45, 2.75) is 33.2 Å². The van der Waals surface area contributed by atoms with Gasteiger partial charge in [-0.05, 0) is 31.1 Å². The second kappa shape index (κ2) is 9.24. The minimum atomic E-state index is 0.0759. The molecule has 0 aliphatic heterocycles. The van der Waals surface area contributed by atoms with E-state index in [2.05, 4.69) is 55.3 Å². The van der Waals surface area contributed by atoms with Crippen LogP contribution in [0.4, 0.5) is 0 Å². The first-order valence-corrected chi connectivity index (χ1v) is 8.75. The maximum atomic E-state index is 12.3. The standard InChI is InChI=1S/C21H28N2O/c1-4-23(5-2)20(19-9-7-6-8-10-19)16-22-21(24)15-18-13-11-17(3)12-14-18/h6-14,20H,4-5,15-16H2,1-3H3,(H,22,24). The molecule has 2 aromatic carbocycles. The summed E-state index contributed by atoms with van der Waals surface area (Å²) in [6.45, 7) is 8.93. The number of rotatable bonds is 8. The quantitative estimate of drug-likeness (QED) is 0.802. The van der Waals surface area contributed by atoms with Gasteiger partial charge < -0.3 is 5.32 Å². The van der Waals surface area contributed by atoms with Crippen molar-refractivity contribution in [1.82, 2.24) is 10.2 Å². The van der Waals surface area contributed by atoms with Crippen LogP contribution in [0.5, 0.6) is 0 Å². The van der Waals surface area contributed by atoms with Crippen LogP contribution in [-0.4, -0.2) is 30.4 Å². The molecule has 1 atom stereocenters. The number of likely N-dealkylation sites (N-methyl/N-ethyl adjacent to an activating group) is 1. The second-order valence-corrected chi connectivity index (χ2v) is 6.11. The van der Waals surface area contributed by atoms with E-state index in [0.29, 0.717) is 13.0 Å². The van der Waals surface area contributed by atoms with Crippen LogP contribution in [0.3, 0.4) is 0 Å². The van der Waals surface area contributed by atoms with E-state index in [1.54, 1.807) is 0 Å². The van der Waals surface area contributed by atoms with Gasteiger partial charge in [0, 0.05) is 6.54 Å². The third-order valence-corrected chi connectivity index (χ3v) is 4.42. The first-order chi connectivity index (χ1) is 11.6. The van der Waals surface area contributed by atoms with Gasteiger partial charge in [-0.3, -0.25) is 9.69 Å². The summed E-state index contributed by atoms with van der Waals surface area (Å²) in [5.41, 5.74) is 3.51. The van der Waals surface area contributed by atoms with E-state index in [-0.39, 0.29) is 11.9 Å². The Hall–Kier alpha value is -2.13. The molecule has 0 radical (unpaired) electrons.